The minimum absolute atomic E-state index is 0.0669. The molecule has 0 spiro atoms. The number of hydrogen-bond acceptors (Lipinski definition) is 5. The van der Waals surface area contributed by atoms with Gasteiger partial charge in [0.1, 0.15) is 4.83 Å². The molecule has 2 aromatic rings. The molecule has 1 N–H and O–H groups in total. The number of aromatic nitrogens is 2. The number of thiophene rings is 1. The molecule has 1 aliphatic rings. The fraction of sp³-hybridized carbons (Fsp3) is 0.500. The molecule has 21 heavy (non-hydrogen) atoms. The van der Waals surface area contributed by atoms with Crippen LogP contribution < -0.4 is 10.9 Å². The normalized spacial score (nSPS) is 19.1. The highest BCUT2D eigenvalue weighted by molar-refractivity contribution is 7.16. The molecule has 2 aromatic heterocycles. The maximum atomic E-state index is 12.2. The van der Waals surface area contributed by atoms with Gasteiger partial charge in [0.05, 0.1) is 11.7 Å². The molecule has 0 saturated carbocycles. The molecule has 1 unspecified atom stereocenters. The Morgan fingerprint density at radius 2 is 2.43 bits per heavy atom. The Kier molecular flexibility index (Phi) is 4.03. The molecular weight excluding hydrogens is 288 g/mol. The number of fused-ring (bicyclic) bond motifs is 1. The average Bonchev–Trinajstić information content (AvgIpc) is 2.95. The zero-order valence-electron chi connectivity index (χ0n) is 11.9. The predicted molar refractivity (Wildman–Crippen MR) is 82.5 cm³/mol. The summed E-state index contributed by atoms with van der Waals surface area (Å²) in [5, 5.41) is 5.80. The van der Waals surface area contributed by atoms with Crippen LogP contribution in [0, 0.1) is 0 Å². The van der Waals surface area contributed by atoms with Gasteiger partial charge in [-0.2, -0.15) is 0 Å². The van der Waals surface area contributed by atoms with E-state index in [0.717, 1.165) is 24.5 Å². The van der Waals surface area contributed by atoms with Gasteiger partial charge in [0, 0.05) is 38.6 Å². The molecule has 0 radical (unpaired) electrons. The third-order valence-electron chi connectivity index (χ3n) is 3.74. The summed E-state index contributed by atoms with van der Waals surface area (Å²) in [6.07, 6.45) is 1.87. The van der Waals surface area contributed by atoms with Gasteiger partial charge in [0.15, 0.2) is 0 Å². The Morgan fingerprint density at radius 1 is 1.57 bits per heavy atom. The number of nitrogens with one attached hydrogen (secondary N) is 1. The Hall–Kier alpha value is -1.73. The number of carbonyl (C=O) groups is 1. The topological polar surface area (TPSA) is 67.2 Å². The van der Waals surface area contributed by atoms with Crippen LogP contribution in [0.3, 0.4) is 0 Å². The number of hydrogen-bond donors (Lipinski definition) is 1. The molecule has 3 heterocycles. The third-order valence-corrected chi connectivity index (χ3v) is 4.56. The molecule has 0 bridgehead atoms. The van der Waals surface area contributed by atoms with Gasteiger partial charge >= 0.3 is 0 Å². The van der Waals surface area contributed by atoms with E-state index >= 15 is 0 Å². The lowest BCUT2D eigenvalue weighted by Gasteiger charge is -2.32. The van der Waals surface area contributed by atoms with E-state index in [1.54, 1.807) is 6.07 Å². The van der Waals surface area contributed by atoms with Gasteiger partial charge in [-0.15, -0.1) is 11.3 Å². The molecule has 1 amide bonds. The number of carbonyl (C=O) groups excluding carboxylic acids is 1. The van der Waals surface area contributed by atoms with Crippen LogP contribution in [0.1, 0.15) is 13.3 Å². The van der Waals surface area contributed by atoms with E-state index in [2.05, 4.69) is 17.2 Å². The molecule has 3 rings (SSSR count). The van der Waals surface area contributed by atoms with Gasteiger partial charge in [-0.1, -0.05) is 0 Å². The van der Waals surface area contributed by atoms with E-state index in [4.69, 9.17) is 0 Å². The number of nitrogens with zero attached hydrogens (tertiary/aromatic N) is 3. The molecular formula is C14H18N4O2S. The van der Waals surface area contributed by atoms with Crippen molar-refractivity contribution in [2.24, 2.45) is 0 Å². The van der Waals surface area contributed by atoms with Crippen molar-refractivity contribution < 1.29 is 4.79 Å². The van der Waals surface area contributed by atoms with Crippen molar-refractivity contribution >= 4 is 27.5 Å². The van der Waals surface area contributed by atoms with Crippen LogP contribution in [0.25, 0.3) is 10.2 Å². The van der Waals surface area contributed by atoms with Gasteiger partial charge in [-0.25, -0.2) is 4.98 Å². The second-order valence-electron chi connectivity index (χ2n) is 5.33. The quantitative estimate of drug-likeness (QED) is 0.905. The molecule has 1 atom stereocenters. The molecule has 1 aliphatic heterocycles. The molecule has 7 heteroatoms. The fourth-order valence-corrected chi connectivity index (χ4v) is 3.31. The van der Waals surface area contributed by atoms with Crippen molar-refractivity contribution in [3.05, 3.63) is 28.1 Å². The van der Waals surface area contributed by atoms with Gasteiger partial charge in [0.2, 0.25) is 5.91 Å². The van der Waals surface area contributed by atoms with Crippen LogP contribution in [0.5, 0.6) is 0 Å². The van der Waals surface area contributed by atoms with Crippen LogP contribution in [0.2, 0.25) is 0 Å². The zero-order chi connectivity index (χ0) is 14.8. The Labute approximate surface area is 126 Å². The van der Waals surface area contributed by atoms with Crippen LogP contribution >= 0.6 is 11.3 Å². The Bertz CT molecular complexity index is 708. The van der Waals surface area contributed by atoms with E-state index in [0.29, 0.717) is 24.4 Å². The summed E-state index contributed by atoms with van der Waals surface area (Å²) in [6.45, 7) is 4.75. The van der Waals surface area contributed by atoms with Crippen LogP contribution in [0.4, 0.5) is 0 Å². The van der Waals surface area contributed by atoms with Gasteiger partial charge < -0.3 is 10.2 Å². The lowest BCUT2D eigenvalue weighted by molar-refractivity contribution is -0.132. The molecule has 0 aromatic carbocycles. The molecule has 1 fully saturated rings. The lowest BCUT2D eigenvalue weighted by atomic mass is 10.2. The van der Waals surface area contributed by atoms with Crippen LogP contribution in [-0.2, 0) is 11.3 Å². The smallest absolute Gasteiger partial charge is 0.262 e. The van der Waals surface area contributed by atoms with Gasteiger partial charge in [-0.05, 0) is 18.4 Å². The SMILES string of the molecule is CC1CN(C(=O)CCn2cnc3sccc3c2=O)CCN1. The second-order valence-corrected chi connectivity index (χ2v) is 6.22. The number of rotatable bonds is 3. The maximum Gasteiger partial charge on any atom is 0.262 e. The Balaban J connectivity index is 1.67. The zero-order valence-corrected chi connectivity index (χ0v) is 12.7. The van der Waals surface area contributed by atoms with Crippen molar-refractivity contribution in [2.45, 2.75) is 25.9 Å². The molecule has 6 nitrogen and oxygen atoms in total. The van der Waals surface area contributed by atoms with Gasteiger partial charge in [0.25, 0.3) is 5.56 Å². The summed E-state index contributed by atoms with van der Waals surface area (Å²) >= 11 is 1.45. The minimum Gasteiger partial charge on any atom is -0.340 e. The van der Waals surface area contributed by atoms with Crippen molar-refractivity contribution in [2.75, 3.05) is 19.6 Å². The summed E-state index contributed by atoms with van der Waals surface area (Å²) in [7, 11) is 0. The first-order valence-electron chi connectivity index (χ1n) is 7.09. The highest BCUT2D eigenvalue weighted by Gasteiger charge is 2.20. The van der Waals surface area contributed by atoms with Crippen molar-refractivity contribution in [1.29, 1.82) is 0 Å². The van der Waals surface area contributed by atoms with E-state index in [1.165, 1.54) is 22.2 Å². The minimum atomic E-state index is -0.0669. The fourth-order valence-electron chi connectivity index (χ4n) is 2.59. The van der Waals surface area contributed by atoms with Crippen molar-refractivity contribution in [3.8, 4) is 0 Å². The second kappa shape index (κ2) is 5.95. The summed E-state index contributed by atoms with van der Waals surface area (Å²) in [6, 6.07) is 2.11. The van der Waals surface area contributed by atoms with Gasteiger partial charge in [-0.3, -0.25) is 14.2 Å². The first-order valence-corrected chi connectivity index (χ1v) is 7.97. The van der Waals surface area contributed by atoms with E-state index in [1.807, 2.05) is 10.3 Å². The summed E-state index contributed by atoms with van der Waals surface area (Å²) in [5.74, 6) is 0.0978. The number of piperazine rings is 1. The maximum absolute atomic E-state index is 12.2. The standard InChI is InChI=1S/C14H18N4O2S/c1-10-8-17(6-4-15-10)12(19)2-5-18-9-16-13-11(14(18)20)3-7-21-13/h3,7,9-10,15H,2,4-6,8H2,1H3. The number of amides is 1. The summed E-state index contributed by atoms with van der Waals surface area (Å²) in [5.41, 5.74) is -0.0669. The summed E-state index contributed by atoms with van der Waals surface area (Å²) in [4.78, 5) is 31.3. The van der Waals surface area contributed by atoms with Crippen molar-refractivity contribution in [1.82, 2.24) is 19.8 Å². The van der Waals surface area contributed by atoms with E-state index < -0.39 is 0 Å². The van der Waals surface area contributed by atoms with Crippen LogP contribution in [-0.4, -0.2) is 46.0 Å². The predicted octanol–water partition coefficient (Wildman–Crippen LogP) is 0.668. The molecule has 1 saturated heterocycles. The first kappa shape index (κ1) is 14.2. The molecule has 112 valence electrons. The van der Waals surface area contributed by atoms with E-state index in [-0.39, 0.29) is 11.5 Å². The van der Waals surface area contributed by atoms with E-state index in [9.17, 15) is 9.59 Å². The largest absolute Gasteiger partial charge is 0.340 e. The molecule has 0 aliphatic carbocycles. The van der Waals surface area contributed by atoms with Crippen LogP contribution in [0.15, 0.2) is 22.6 Å². The highest BCUT2D eigenvalue weighted by Crippen LogP contribution is 2.13. The first-order chi connectivity index (χ1) is 10.1. The van der Waals surface area contributed by atoms with Crippen molar-refractivity contribution in [3.63, 3.8) is 0 Å². The average molecular weight is 306 g/mol. The lowest BCUT2D eigenvalue weighted by Crippen LogP contribution is -2.51. The monoisotopic (exact) mass is 306 g/mol. The summed E-state index contributed by atoms with van der Waals surface area (Å²) < 4.78 is 1.53. The number of aryl methyl sites for hydroxylation is 1. The third kappa shape index (κ3) is 2.98. The highest BCUT2D eigenvalue weighted by atomic mass is 32.1. The Morgan fingerprint density at radius 3 is 3.24 bits per heavy atom.